The summed E-state index contributed by atoms with van der Waals surface area (Å²) in [6.07, 6.45) is 5.99. The van der Waals surface area contributed by atoms with Crippen molar-refractivity contribution in [2.45, 2.75) is 98.4 Å². The van der Waals surface area contributed by atoms with Crippen molar-refractivity contribution < 1.29 is 38.1 Å². The fraction of sp³-hybridized carbons (Fsp3) is 0.520. The maximum atomic E-state index is 13.8. The molecule has 0 fully saturated rings. The molecule has 326 valence electrons. The van der Waals surface area contributed by atoms with Gasteiger partial charge in [0.15, 0.2) is 5.78 Å². The van der Waals surface area contributed by atoms with E-state index in [2.05, 4.69) is 60.5 Å². The summed E-state index contributed by atoms with van der Waals surface area (Å²) < 4.78 is 28.6. The van der Waals surface area contributed by atoms with Crippen LogP contribution in [0.5, 0.6) is 5.75 Å². The number of pyridine rings is 1. The summed E-state index contributed by atoms with van der Waals surface area (Å²) in [6.45, 7) is 16.7. The molecule has 1 aromatic heterocycles. The summed E-state index contributed by atoms with van der Waals surface area (Å²) in [4.78, 5) is 43.6. The van der Waals surface area contributed by atoms with Crippen molar-refractivity contribution in [3.05, 3.63) is 95.8 Å². The van der Waals surface area contributed by atoms with Gasteiger partial charge in [0.05, 0.1) is 52.3 Å². The van der Waals surface area contributed by atoms with E-state index in [-0.39, 0.29) is 42.2 Å². The van der Waals surface area contributed by atoms with E-state index in [4.69, 9.17) is 23.7 Å². The van der Waals surface area contributed by atoms with Crippen LogP contribution in [-0.2, 0) is 39.8 Å². The molecule has 1 heterocycles. The number of fused-ring (bicyclic) bond motifs is 1. The number of aromatic nitrogens is 1. The van der Waals surface area contributed by atoms with Gasteiger partial charge in [-0.1, -0.05) is 82.3 Å². The molecule has 0 aliphatic rings. The van der Waals surface area contributed by atoms with Gasteiger partial charge < -0.3 is 33.8 Å². The Morgan fingerprint density at radius 2 is 1.33 bits per heavy atom. The Kier molecular flexibility index (Phi) is 21.4. The zero-order chi connectivity index (χ0) is 43.1. The number of Topliss-reactive ketones (excluding diaryl/α,β-unsaturated/α-hetero) is 2. The highest BCUT2D eigenvalue weighted by atomic mass is 16.6. The summed E-state index contributed by atoms with van der Waals surface area (Å²) in [5.74, 6) is 0.867. The number of amides is 1. The fourth-order valence-electron chi connectivity index (χ4n) is 7.09. The third-order valence-corrected chi connectivity index (χ3v) is 10.4. The molecule has 4 rings (SSSR count). The molecular formula is C50H68N2O8. The average Bonchev–Trinajstić information content (AvgIpc) is 3.22. The number of aryl methyl sites for hydroxylation is 2. The first-order valence-corrected chi connectivity index (χ1v) is 21.8. The highest BCUT2D eigenvalue weighted by Gasteiger charge is 2.28. The number of benzene rings is 3. The monoisotopic (exact) mass is 824 g/mol. The van der Waals surface area contributed by atoms with E-state index in [1.54, 1.807) is 6.92 Å². The fourth-order valence-corrected chi connectivity index (χ4v) is 7.09. The maximum Gasteiger partial charge on any atom is 0.220 e. The van der Waals surface area contributed by atoms with E-state index in [0.717, 1.165) is 64.8 Å². The van der Waals surface area contributed by atoms with Crippen LogP contribution in [-0.4, -0.2) is 88.0 Å². The number of nitrogens with zero attached hydrogens (tertiary/aromatic N) is 1. The molecule has 2 atom stereocenters. The predicted molar refractivity (Wildman–Crippen MR) is 239 cm³/mol. The van der Waals surface area contributed by atoms with Crippen LogP contribution >= 0.6 is 0 Å². The van der Waals surface area contributed by atoms with Gasteiger partial charge in [0.2, 0.25) is 5.91 Å². The molecule has 0 saturated carbocycles. The van der Waals surface area contributed by atoms with Crippen LogP contribution in [0, 0.1) is 18.8 Å². The van der Waals surface area contributed by atoms with Crippen molar-refractivity contribution in [1.29, 1.82) is 0 Å². The number of ketones is 2. The van der Waals surface area contributed by atoms with Crippen molar-refractivity contribution in [1.82, 2.24) is 10.3 Å². The second-order valence-electron chi connectivity index (χ2n) is 16.4. The van der Waals surface area contributed by atoms with E-state index in [1.807, 2.05) is 63.4 Å². The Labute approximate surface area is 358 Å². The van der Waals surface area contributed by atoms with Crippen molar-refractivity contribution in [2.75, 3.05) is 59.5 Å². The highest BCUT2D eigenvalue weighted by Crippen LogP contribution is 2.36. The van der Waals surface area contributed by atoms with Gasteiger partial charge in [0.25, 0.3) is 0 Å². The van der Waals surface area contributed by atoms with E-state index >= 15 is 0 Å². The number of carbonyl (C=O) groups is 3. The number of ether oxygens (including phenoxy) is 5. The van der Waals surface area contributed by atoms with E-state index in [0.29, 0.717) is 71.6 Å². The molecular weight excluding hydrogens is 757 g/mol. The number of hydrogen-bond donors (Lipinski definition) is 1. The predicted octanol–water partition coefficient (Wildman–Crippen LogP) is 9.28. The first-order valence-electron chi connectivity index (χ1n) is 21.8. The van der Waals surface area contributed by atoms with Crippen molar-refractivity contribution >= 4 is 28.2 Å². The summed E-state index contributed by atoms with van der Waals surface area (Å²) in [5.41, 5.74) is 5.18. The Bertz CT molecular complexity index is 1890. The van der Waals surface area contributed by atoms with E-state index in [1.165, 1.54) is 5.56 Å². The van der Waals surface area contributed by atoms with Crippen LogP contribution in [0.2, 0.25) is 0 Å². The van der Waals surface area contributed by atoms with Gasteiger partial charge >= 0.3 is 0 Å². The number of unbranched alkanes of at least 4 members (excludes halogenated alkanes) is 1. The van der Waals surface area contributed by atoms with Gasteiger partial charge in [0.1, 0.15) is 18.1 Å². The molecule has 60 heavy (non-hydrogen) atoms. The van der Waals surface area contributed by atoms with Gasteiger partial charge in [-0.3, -0.25) is 14.6 Å². The Hall–Kier alpha value is -4.48. The summed E-state index contributed by atoms with van der Waals surface area (Å²) in [7, 11) is 0. The number of nitrogens with one attached hydrogen (secondary N) is 1. The lowest BCUT2D eigenvalue weighted by Gasteiger charge is -2.24. The van der Waals surface area contributed by atoms with Gasteiger partial charge in [-0.05, 0) is 103 Å². The minimum Gasteiger partial charge on any atom is -0.491 e. The van der Waals surface area contributed by atoms with Crippen molar-refractivity contribution in [3.8, 4) is 16.9 Å². The number of rotatable bonds is 30. The second-order valence-corrected chi connectivity index (χ2v) is 16.4. The minimum absolute atomic E-state index is 0.0145. The minimum atomic E-state index is -0.622. The zero-order valence-corrected chi connectivity index (χ0v) is 36.8. The van der Waals surface area contributed by atoms with Crippen molar-refractivity contribution in [3.63, 3.8) is 0 Å². The molecule has 0 aliphatic heterocycles. The van der Waals surface area contributed by atoms with Crippen LogP contribution in [0.4, 0.5) is 0 Å². The standard InChI is InChI=1S/C50H68N2O8/c1-36(2)22-24-56-25-26-57-27-28-58-29-30-59-31-32-60-48-20-19-44(45-12-8-9-13-46(45)48)41-17-15-40(16-18-41)42(34-39(6)53)35-47(54)50(37(3)4)52-49(55)14-10-7-11-43-33-38(5)21-23-51-43/h8-9,12-13,15-21,23,33,36-37,42,50H,7,10-11,14,22,24-32,34-35H2,1-6H3,(H,52,55)/t42-,50-/m1/s1. The lowest BCUT2D eigenvalue weighted by atomic mass is 9.85. The summed E-state index contributed by atoms with van der Waals surface area (Å²) >= 11 is 0. The average molecular weight is 825 g/mol. The highest BCUT2D eigenvalue weighted by molar-refractivity contribution is 6.00. The lowest BCUT2D eigenvalue weighted by molar-refractivity contribution is -0.129. The van der Waals surface area contributed by atoms with Gasteiger partial charge in [-0.15, -0.1) is 0 Å². The van der Waals surface area contributed by atoms with E-state index in [9.17, 15) is 14.4 Å². The molecule has 3 aromatic carbocycles. The molecule has 1 amide bonds. The molecule has 0 radical (unpaired) electrons. The second kappa shape index (κ2) is 26.7. The molecule has 1 N–H and O–H groups in total. The Morgan fingerprint density at radius 1 is 0.700 bits per heavy atom. The molecule has 10 nitrogen and oxygen atoms in total. The molecule has 0 aliphatic carbocycles. The quantitative estimate of drug-likeness (QED) is 0.0513. The first kappa shape index (κ1) is 48.2. The SMILES string of the molecule is CC(=O)C[C@H](CC(=O)[C@H](NC(=O)CCCCc1cc(C)ccn1)C(C)C)c1ccc(-c2ccc(OCCOCCOCCOCCOCCC(C)C)c3ccccc23)cc1. The Morgan fingerprint density at radius 3 is 1.95 bits per heavy atom. The molecule has 4 aromatic rings. The van der Waals surface area contributed by atoms with Gasteiger partial charge in [-0.2, -0.15) is 0 Å². The van der Waals surface area contributed by atoms with Crippen LogP contribution in [0.25, 0.3) is 21.9 Å². The number of carbonyl (C=O) groups excluding carboxylic acids is 3. The topological polar surface area (TPSA) is 122 Å². The molecule has 0 bridgehead atoms. The van der Waals surface area contributed by atoms with Crippen LogP contribution < -0.4 is 10.1 Å². The van der Waals surface area contributed by atoms with Crippen LogP contribution in [0.3, 0.4) is 0 Å². The maximum absolute atomic E-state index is 13.8. The summed E-state index contributed by atoms with van der Waals surface area (Å²) in [5, 5.41) is 5.06. The van der Waals surface area contributed by atoms with Crippen LogP contribution in [0.15, 0.2) is 79.0 Å². The zero-order valence-electron chi connectivity index (χ0n) is 36.8. The first-order chi connectivity index (χ1) is 29.0. The molecule has 0 unspecified atom stereocenters. The van der Waals surface area contributed by atoms with Gasteiger partial charge in [-0.25, -0.2) is 0 Å². The lowest BCUT2D eigenvalue weighted by Crippen LogP contribution is -2.44. The smallest absolute Gasteiger partial charge is 0.220 e. The molecule has 0 saturated heterocycles. The summed E-state index contributed by atoms with van der Waals surface area (Å²) in [6, 6.07) is 23.8. The normalized spacial score (nSPS) is 12.5. The van der Waals surface area contributed by atoms with E-state index < -0.39 is 6.04 Å². The third kappa shape index (κ3) is 17.2. The Balaban J connectivity index is 1.25. The largest absolute Gasteiger partial charge is 0.491 e. The van der Waals surface area contributed by atoms with Crippen molar-refractivity contribution in [2.24, 2.45) is 11.8 Å². The molecule has 0 spiro atoms. The third-order valence-electron chi connectivity index (χ3n) is 10.4. The van der Waals surface area contributed by atoms with Crippen LogP contribution in [0.1, 0.15) is 95.9 Å². The number of hydrogen-bond acceptors (Lipinski definition) is 9. The van der Waals surface area contributed by atoms with Gasteiger partial charge in [0, 0.05) is 43.1 Å². The molecule has 10 heteroatoms.